The molecule has 0 aromatic rings. The van der Waals surface area contributed by atoms with Gasteiger partial charge in [-0.25, -0.2) is 4.79 Å². The highest BCUT2D eigenvalue weighted by Gasteiger charge is 2.45. The van der Waals surface area contributed by atoms with Crippen molar-refractivity contribution in [1.29, 1.82) is 0 Å². The highest BCUT2D eigenvalue weighted by atomic mass is 16.6. The number of alkyl carbamates (subject to hydrolysis) is 1. The molecule has 0 aromatic heterocycles. The van der Waals surface area contributed by atoms with Gasteiger partial charge in [0.2, 0.25) is 5.91 Å². The summed E-state index contributed by atoms with van der Waals surface area (Å²) in [4.78, 5) is 24.6. The molecule has 0 aromatic carbocycles. The highest BCUT2D eigenvalue weighted by molar-refractivity contribution is 5.77. The maximum atomic E-state index is 12.5. The van der Waals surface area contributed by atoms with Crippen molar-refractivity contribution in [2.45, 2.75) is 117 Å². The molecule has 3 N–H and O–H groups in total. The highest BCUT2D eigenvalue weighted by Crippen LogP contribution is 2.36. The molecule has 0 spiro atoms. The molecular formula is C23H43N3O4. The lowest BCUT2D eigenvalue weighted by atomic mass is 9.79. The van der Waals surface area contributed by atoms with E-state index >= 15 is 0 Å². The second-order valence-electron chi connectivity index (χ2n) is 11.1. The molecule has 0 saturated carbocycles. The van der Waals surface area contributed by atoms with Gasteiger partial charge in [-0.15, -0.1) is 0 Å². The van der Waals surface area contributed by atoms with E-state index in [9.17, 15) is 14.8 Å². The monoisotopic (exact) mass is 425 g/mol. The van der Waals surface area contributed by atoms with Gasteiger partial charge in [0.1, 0.15) is 5.60 Å². The first-order valence-corrected chi connectivity index (χ1v) is 11.0. The van der Waals surface area contributed by atoms with Crippen LogP contribution < -0.4 is 10.6 Å². The van der Waals surface area contributed by atoms with Gasteiger partial charge in [0.15, 0.2) is 0 Å². The lowest BCUT2D eigenvalue weighted by Crippen LogP contribution is -2.62. The summed E-state index contributed by atoms with van der Waals surface area (Å²) in [6, 6.07) is -0.186. The van der Waals surface area contributed by atoms with E-state index in [1.807, 2.05) is 54.5 Å². The predicted molar refractivity (Wildman–Crippen MR) is 119 cm³/mol. The largest absolute Gasteiger partial charge is 0.444 e. The Labute approximate surface area is 182 Å². The normalized spacial score (nSPS) is 20.9. The summed E-state index contributed by atoms with van der Waals surface area (Å²) in [6.45, 7) is 17.6. The Morgan fingerprint density at radius 3 is 2.17 bits per heavy atom. The van der Waals surface area contributed by atoms with Gasteiger partial charge in [0.05, 0.1) is 6.04 Å². The van der Waals surface area contributed by atoms with E-state index in [0.717, 1.165) is 6.42 Å². The number of nitrogens with one attached hydrogen (secondary N) is 2. The van der Waals surface area contributed by atoms with Gasteiger partial charge in [0.25, 0.3) is 0 Å². The van der Waals surface area contributed by atoms with Crippen molar-refractivity contribution < 1.29 is 19.5 Å². The predicted octanol–water partition coefficient (Wildman–Crippen LogP) is 4.40. The Bertz CT molecular complexity index is 602. The minimum Gasteiger partial charge on any atom is -0.444 e. The molecule has 174 valence electrons. The summed E-state index contributed by atoms with van der Waals surface area (Å²) in [5.74, 6) is 0.325. The molecule has 0 aliphatic carbocycles. The zero-order valence-corrected chi connectivity index (χ0v) is 20.3. The Balaban J connectivity index is 2.63. The Hall–Kier alpha value is -1.60. The fourth-order valence-corrected chi connectivity index (χ4v) is 4.15. The van der Waals surface area contributed by atoms with E-state index in [4.69, 9.17) is 4.74 Å². The van der Waals surface area contributed by atoms with Gasteiger partial charge >= 0.3 is 6.09 Å². The summed E-state index contributed by atoms with van der Waals surface area (Å²) in [5, 5.41) is 17.8. The fraction of sp³-hybridized carbons (Fsp3) is 0.826. The van der Waals surface area contributed by atoms with Crippen molar-refractivity contribution >= 4 is 12.0 Å². The van der Waals surface area contributed by atoms with Crippen molar-refractivity contribution in [3.8, 4) is 0 Å². The number of nitrogens with zero attached hydrogens (tertiary/aromatic N) is 1. The molecule has 0 radical (unpaired) electrons. The van der Waals surface area contributed by atoms with Gasteiger partial charge in [-0.1, -0.05) is 26.0 Å². The summed E-state index contributed by atoms with van der Waals surface area (Å²) < 4.78 is 5.34. The number of piperidine rings is 1. The number of amides is 2. The van der Waals surface area contributed by atoms with E-state index in [-0.39, 0.29) is 24.4 Å². The van der Waals surface area contributed by atoms with Gasteiger partial charge in [0, 0.05) is 23.5 Å². The summed E-state index contributed by atoms with van der Waals surface area (Å²) >= 11 is 0. The van der Waals surface area contributed by atoms with Gasteiger partial charge < -0.3 is 20.6 Å². The van der Waals surface area contributed by atoms with Crippen molar-refractivity contribution in [3.63, 3.8) is 0 Å². The van der Waals surface area contributed by atoms with Crippen LogP contribution in [0.15, 0.2) is 12.2 Å². The van der Waals surface area contributed by atoms with Crippen LogP contribution in [0.2, 0.25) is 0 Å². The van der Waals surface area contributed by atoms with Crippen molar-refractivity contribution in [2.75, 3.05) is 0 Å². The molecule has 1 rings (SSSR count). The van der Waals surface area contributed by atoms with Crippen LogP contribution in [0.3, 0.4) is 0 Å². The molecule has 7 nitrogen and oxygen atoms in total. The van der Waals surface area contributed by atoms with Crippen LogP contribution in [0, 0.1) is 5.92 Å². The van der Waals surface area contributed by atoms with Crippen molar-refractivity contribution in [2.24, 2.45) is 5.92 Å². The van der Waals surface area contributed by atoms with E-state index in [1.165, 1.54) is 5.06 Å². The number of rotatable bonds is 7. The first-order valence-electron chi connectivity index (χ1n) is 11.0. The van der Waals surface area contributed by atoms with Crippen molar-refractivity contribution in [3.05, 3.63) is 12.2 Å². The van der Waals surface area contributed by atoms with E-state index in [1.54, 1.807) is 6.08 Å². The van der Waals surface area contributed by atoms with Crippen LogP contribution in [0.5, 0.6) is 0 Å². The standard InChI is InChI=1S/C23H43N3O4/c1-16(2)13-17(25-20(28)30-21(3,4)5)11-10-12-19(27)24-18-14-22(6,7)26(29)23(8,9)15-18/h10-11,16-18,29H,12-15H2,1-9H3,(H,24,27)(H,25,28)/t17-/m1/s1. The van der Waals surface area contributed by atoms with E-state index < -0.39 is 22.8 Å². The van der Waals surface area contributed by atoms with Gasteiger partial charge in [-0.05, 0) is 73.6 Å². The number of hydrogen-bond acceptors (Lipinski definition) is 5. The van der Waals surface area contributed by atoms with Crippen LogP contribution in [0.1, 0.15) is 88.0 Å². The molecule has 2 amide bonds. The third kappa shape index (κ3) is 9.04. The second-order valence-corrected chi connectivity index (χ2v) is 11.1. The molecule has 1 heterocycles. The van der Waals surface area contributed by atoms with Gasteiger partial charge in [-0.2, -0.15) is 5.06 Å². The topological polar surface area (TPSA) is 90.9 Å². The maximum absolute atomic E-state index is 12.5. The Morgan fingerprint density at radius 1 is 1.17 bits per heavy atom. The average Bonchev–Trinajstić information content (AvgIpc) is 2.49. The molecule has 1 aliphatic rings. The zero-order chi connectivity index (χ0) is 23.3. The second kappa shape index (κ2) is 10.1. The molecule has 1 saturated heterocycles. The smallest absolute Gasteiger partial charge is 0.408 e. The van der Waals surface area contributed by atoms with E-state index in [2.05, 4.69) is 24.5 Å². The minimum absolute atomic E-state index is 0.00523. The zero-order valence-electron chi connectivity index (χ0n) is 20.3. The number of hydroxylamine groups is 2. The van der Waals surface area contributed by atoms with E-state index in [0.29, 0.717) is 18.8 Å². The summed E-state index contributed by atoms with van der Waals surface area (Å²) in [5.41, 5.74) is -1.37. The van der Waals surface area contributed by atoms with Crippen molar-refractivity contribution in [1.82, 2.24) is 15.7 Å². The molecule has 1 aliphatic heterocycles. The van der Waals surface area contributed by atoms with Crippen LogP contribution in [0.4, 0.5) is 4.79 Å². The first kappa shape index (κ1) is 26.4. The Morgan fingerprint density at radius 2 is 1.70 bits per heavy atom. The molecule has 7 heteroatoms. The number of ether oxygens (including phenoxy) is 1. The number of hydrogen-bond donors (Lipinski definition) is 3. The van der Waals surface area contributed by atoms with Gasteiger partial charge in [-0.3, -0.25) is 4.79 Å². The summed E-state index contributed by atoms with van der Waals surface area (Å²) in [7, 11) is 0. The molecule has 1 atom stereocenters. The van der Waals surface area contributed by atoms with Crippen LogP contribution in [-0.4, -0.2) is 51.0 Å². The lowest BCUT2D eigenvalue weighted by Gasteiger charge is -2.51. The van der Waals surface area contributed by atoms with Crippen LogP contribution >= 0.6 is 0 Å². The molecule has 1 fully saturated rings. The minimum atomic E-state index is -0.554. The Kier molecular flexibility index (Phi) is 8.93. The third-order valence-corrected chi connectivity index (χ3v) is 5.10. The lowest BCUT2D eigenvalue weighted by molar-refractivity contribution is -0.246. The fourth-order valence-electron chi connectivity index (χ4n) is 4.15. The quantitative estimate of drug-likeness (QED) is 0.526. The maximum Gasteiger partial charge on any atom is 0.408 e. The average molecular weight is 426 g/mol. The number of carbonyl (C=O) groups excluding carboxylic acids is 2. The third-order valence-electron chi connectivity index (χ3n) is 5.10. The SMILES string of the molecule is CC(C)C[C@@H](C=CCC(=O)NC1CC(C)(C)N(O)C(C)(C)C1)NC(=O)OC(C)(C)C. The summed E-state index contributed by atoms with van der Waals surface area (Å²) in [6.07, 6.45) is 5.57. The molecular weight excluding hydrogens is 382 g/mol. The first-order chi connectivity index (χ1) is 13.5. The molecule has 0 bridgehead atoms. The van der Waals surface area contributed by atoms with Crippen LogP contribution in [0.25, 0.3) is 0 Å². The van der Waals surface area contributed by atoms with Crippen LogP contribution in [-0.2, 0) is 9.53 Å². The number of carbonyl (C=O) groups is 2. The molecule has 0 unspecified atom stereocenters. The molecule has 30 heavy (non-hydrogen) atoms.